The number of carbonyl (C=O) groups excluding carboxylic acids is 2. The molecule has 1 aliphatic heterocycles. The van der Waals surface area contributed by atoms with Crippen molar-refractivity contribution in [1.82, 2.24) is 24.9 Å². The zero-order valence-corrected chi connectivity index (χ0v) is 27.6. The summed E-state index contributed by atoms with van der Waals surface area (Å²) >= 11 is 6.95. The summed E-state index contributed by atoms with van der Waals surface area (Å²) in [6, 6.07) is 7.14. The first kappa shape index (κ1) is 35.3. The van der Waals surface area contributed by atoms with Crippen LogP contribution in [0.3, 0.4) is 0 Å². The highest BCUT2D eigenvalue weighted by Crippen LogP contribution is 2.38. The number of anilines is 4. The fraction of sp³-hybridized carbons (Fsp3) is 0.500. The summed E-state index contributed by atoms with van der Waals surface area (Å²) in [6.07, 6.45) is 4.27. The number of nitrogens with zero attached hydrogens (tertiary/aromatic N) is 7. The minimum atomic E-state index is -0.705. The van der Waals surface area contributed by atoms with Crippen molar-refractivity contribution >= 4 is 64.9 Å². The molecular formula is C30H37Cl2N11O4. The Hall–Kier alpha value is -4.57. The third-order valence-electron chi connectivity index (χ3n) is 8.27. The number of methoxy groups -OCH3 is 1. The first-order valence-corrected chi connectivity index (χ1v) is 15.6. The number of nitriles is 2. The normalized spacial score (nSPS) is 20.7. The second-order valence-corrected chi connectivity index (χ2v) is 11.8. The van der Waals surface area contributed by atoms with E-state index in [1.54, 1.807) is 12.1 Å². The summed E-state index contributed by atoms with van der Waals surface area (Å²) in [6.45, 7) is 3.10. The predicted octanol–water partition coefficient (Wildman–Crippen LogP) is 3.87. The molecule has 3 aromatic rings. The smallest absolute Gasteiger partial charge is 0.407 e. The Balaban J connectivity index is 0.00000500. The third kappa shape index (κ3) is 8.24. The molecule has 5 N–H and O–H groups in total. The van der Waals surface area contributed by atoms with Gasteiger partial charge in [0.25, 0.3) is 0 Å². The maximum Gasteiger partial charge on any atom is 0.407 e. The fourth-order valence-corrected chi connectivity index (χ4v) is 6.16. The van der Waals surface area contributed by atoms with E-state index in [-0.39, 0.29) is 60.0 Å². The monoisotopic (exact) mass is 685 g/mol. The molecular weight excluding hydrogens is 649 g/mol. The highest BCUT2D eigenvalue weighted by Gasteiger charge is 2.35. The van der Waals surface area contributed by atoms with Gasteiger partial charge < -0.3 is 36.1 Å². The van der Waals surface area contributed by atoms with E-state index in [4.69, 9.17) is 26.8 Å². The molecule has 2 aliphatic rings. The number of nitrogens with one attached hydrogen (secondary N) is 3. The van der Waals surface area contributed by atoms with Crippen LogP contribution in [0.25, 0.3) is 5.65 Å². The molecule has 2 fully saturated rings. The van der Waals surface area contributed by atoms with Crippen molar-refractivity contribution in [3.05, 3.63) is 34.6 Å². The zero-order chi connectivity index (χ0) is 32.8. The van der Waals surface area contributed by atoms with Gasteiger partial charge in [0.2, 0.25) is 5.95 Å². The number of hydrogen-bond donors (Lipinski definition) is 4. The number of rotatable bonds is 9. The molecule has 1 aromatic carbocycles. The second-order valence-electron chi connectivity index (χ2n) is 11.4. The molecule has 15 nitrogen and oxygen atoms in total. The Morgan fingerprint density at radius 1 is 1.17 bits per heavy atom. The van der Waals surface area contributed by atoms with Gasteiger partial charge in [0, 0.05) is 25.6 Å². The highest BCUT2D eigenvalue weighted by atomic mass is 35.5. The molecule has 0 radical (unpaired) electrons. The Bertz CT molecular complexity index is 1680. The van der Waals surface area contributed by atoms with Crippen molar-refractivity contribution in [3.63, 3.8) is 0 Å². The maximum atomic E-state index is 13.1. The van der Waals surface area contributed by atoms with Crippen LogP contribution in [0.15, 0.2) is 18.3 Å². The minimum absolute atomic E-state index is 0. The molecule has 2 atom stereocenters. The molecule has 1 saturated carbocycles. The molecule has 5 rings (SSSR count). The van der Waals surface area contributed by atoms with Crippen molar-refractivity contribution < 1.29 is 19.1 Å². The Morgan fingerprint density at radius 3 is 2.62 bits per heavy atom. The number of fused-ring (bicyclic) bond motifs is 1. The SMILES string of the molecule is CCNc1nc(Nc2cc(C#N)cc(N3CC[C@@H](NC(=O)OC)[C@H](OC(=O)CC4CCC(N)CC4)C3)c2Cl)nn2c(C#N)cnc12.Cl. The van der Waals surface area contributed by atoms with Gasteiger partial charge in [0.1, 0.15) is 12.2 Å². The van der Waals surface area contributed by atoms with Crippen LogP contribution in [0, 0.1) is 28.6 Å². The van der Waals surface area contributed by atoms with E-state index in [1.807, 2.05) is 11.8 Å². The quantitative estimate of drug-likeness (QED) is 0.236. The van der Waals surface area contributed by atoms with Crippen LogP contribution in [0.5, 0.6) is 0 Å². The Morgan fingerprint density at radius 2 is 1.94 bits per heavy atom. The van der Waals surface area contributed by atoms with Gasteiger partial charge in [-0.1, -0.05) is 11.6 Å². The average Bonchev–Trinajstić information content (AvgIpc) is 3.47. The third-order valence-corrected chi connectivity index (χ3v) is 8.67. The number of alkyl carbamates (subject to hydrolysis) is 1. The van der Waals surface area contributed by atoms with Gasteiger partial charge in [-0.25, -0.2) is 9.78 Å². The van der Waals surface area contributed by atoms with Crippen LogP contribution in [0.4, 0.5) is 27.9 Å². The van der Waals surface area contributed by atoms with Gasteiger partial charge >= 0.3 is 12.1 Å². The van der Waals surface area contributed by atoms with Crippen molar-refractivity contribution in [2.75, 3.05) is 42.3 Å². The van der Waals surface area contributed by atoms with Crippen LogP contribution < -0.4 is 26.6 Å². The first-order valence-electron chi connectivity index (χ1n) is 15.2. The summed E-state index contributed by atoms with van der Waals surface area (Å²) in [5, 5.41) is 33.1. The summed E-state index contributed by atoms with van der Waals surface area (Å²) < 4.78 is 12.2. The van der Waals surface area contributed by atoms with Crippen LogP contribution in [0.1, 0.15) is 56.7 Å². The van der Waals surface area contributed by atoms with Gasteiger partial charge in [-0.05, 0) is 57.1 Å². The molecule has 1 saturated heterocycles. The number of amides is 1. The van der Waals surface area contributed by atoms with Crippen molar-refractivity contribution in [3.8, 4) is 12.1 Å². The number of aromatic nitrogens is 4. The van der Waals surface area contributed by atoms with E-state index >= 15 is 0 Å². The lowest BCUT2D eigenvalue weighted by Gasteiger charge is -2.40. The fourth-order valence-electron chi connectivity index (χ4n) is 5.89. The van der Waals surface area contributed by atoms with E-state index in [1.165, 1.54) is 17.8 Å². The number of hydrogen-bond acceptors (Lipinski definition) is 13. The molecule has 47 heavy (non-hydrogen) atoms. The molecule has 250 valence electrons. The van der Waals surface area contributed by atoms with Gasteiger partial charge in [0.15, 0.2) is 17.2 Å². The minimum Gasteiger partial charge on any atom is -0.458 e. The molecule has 0 spiro atoms. The Kier molecular flexibility index (Phi) is 11.9. The highest BCUT2D eigenvalue weighted by molar-refractivity contribution is 6.36. The van der Waals surface area contributed by atoms with Gasteiger partial charge in [0.05, 0.1) is 53.9 Å². The van der Waals surface area contributed by atoms with Crippen molar-refractivity contribution in [1.29, 1.82) is 10.5 Å². The van der Waals surface area contributed by atoms with E-state index < -0.39 is 18.2 Å². The lowest BCUT2D eigenvalue weighted by molar-refractivity contribution is -0.152. The number of piperidine rings is 1. The van der Waals surface area contributed by atoms with Crippen LogP contribution in [0.2, 0.25) is 5.02 Å². The van der Waals surface area contributed by atoms with Crippen LogP contribution in [-0.4, -0.2) is 76.6 Å². The van der Waals surface area contributed by atoms with E-state index in [0.29, 0.717) is 47.9 Å². The molecule has 1 aliphatic carbocycles. The number of benzene rings is 1. The standard InChI is InChI=1S/C30H36ClN11O4.ClH/c1-3-35-27-28-36-15-20(14-33)42(28)40-29(39-27)37-22-10-18(13-32)11-23(26(22)31)41-9-8-21(38-30(44)45-2)24(16-41)46-25(43)12-17-4-6-19(34)7-5-17;/h10-11,15,17,19,21,24H,3-9,12,16,34H2,1-2H3,(H,38,44)(H2,35,37,39,40);1H/t17?,19?,21-,24-;/m1./s1. The second kappa shape index (κ2) is 15.8. The van der Waals surface area contributed by atoms with Gasteiger partial charge in [-0.3, -0.25) is 4.79 Å². The summed E-state index contributed by atoms with van der Waals surface area (Å²) in [5.41, 5.74) is 7.82. The molecule has 0 bridgehead atoms. The largest absolute Gasteiger partial charge is 0.458 e. The average molecular weight is 687 g/mol. The first-order chi connectivity index (χ1) is 22.2. The molecule has 2 aromatic heterocycles. The van der Waals surface area contributed by atoms with Gasteiger partial charge in [-0.15, -0.1) is 17.5 Å². The van der Waals surface area contributed by atoms with Gasteiger partial charge in [-0.2, -0.15) is 20.0 Å². The summed E-state index contributed by atoms with van der Waals surface area (Å²) in [5.74, 6) is 0.395. The topological polar surface area (TPSA) is 209 Å². The lowest BCUT2D eigenvalue weighted by Crippen LogP contribution is -2.56. The number of carbonyl (C=O) groups is 2. The number of imidazole rings is 1. The zero-order valence-electron chi connectivity index (χ0n) is 26.0. The number of esters is 1. The lowest BCUT2D eigenvalue weighted by atomic mass is 9.84. The molecule has 1 amide bonds. The number of halogens is 2. The van der Waals surface area contributed by atoms with E-state index in [2.05, 4.69) is 43.2 Å². The molecule has 3 heterocycles. The van der Waals surface area contributed by atoms with Crippen LogP contribution in [-0.2, 0) is 14.3 Å². The van der Waals surface area contributed by atoms with Crippen LogP contribution >= 0.6 is 24.0 Å². The predicted molar refractivity (Wildman–Crippen MR) is 177 cm³/mol. The number of ether oxygens (including phenoxy) is 2. The van der Waals surface area contributed by atoms with Crippen molar-refractivity contribution in [2.24, 2.45) is 11.7 Å². The molecule has 0 unspecified atom stereocenters. The Labute approximate surface area is 283 Å². The number of nitrogens with two attached hydrogens (primary N) is 1. The van der Waals surface area contributed by atoms with Crippen molar-refractivity contribution in [2.45, 2.75) is 63.6 Å². The summed E-state index contributed by atoms with van der Waals surface area (Å²) in [7, 11) is 1.28. The van der Waals surface area contributed by atoms with E-state index in [0.717, 1.165) is 25.7 Å². The van der Waals surface area contributed by atoms with E-state index in [9.17, 15) is 20.1 Å². The molecule has 17 heteroatoms. The maximum absolute atomic E-state index is 13.1. The summed E-state index contributed by atoms with van der Waals surface area (Å²) in [4.78, 5) is 35.9.